The highest BCUT2D eigenvalue weighted by atomic mass is 32.1. The lowest BCUT2D eigenvalue weighted by Crippen LogP contribution is -1.88. The number of hydrogen-bond acceptors (Lipinski definition) is 4. The monoisotopic (exact) mass is 256 g/mol. The van der Waals surface area contributed by atoms with Crippen LogP contribution in [-0.2, 0) is 0 Å². The normalized spacial score (nSPS) is 10.7. The topological polar surface area (TPSA) is 56.0 Å². The van der Waals surface area contributed by atoms with Crippen LogP contribution < -0.4 is 0 Å². The van der Waals surface area contributed by atoms with Crippen molar-refractivity contribution in [1.82, 2.24) is 4.98 Å². The summed E-state index contributed by atoms with van der Waals surface area (Å²) in [6.45, 7) is 0. The molecule has 0 unspecified atom stereocenters. The molecule has 0 aliphatic rings. The molecule has 0 bridgehead atoms. The van der Waals surface area contributed by atoms with E-state index < -0.39 is 4.92 Å². The van der Waals surface area contributed by atoms with E-state index >= 15 is 0 Å². The zero-order valence-corrected chi connectivity index (χ0v) is 10.1. The van der Waals surface area contributed by atoms with Gasteiger partial charge in [0.05, 0.1) is 10.6 Å². The van der Waals surface area contributed by atoms with Crippen LogP contribution in [0.5, 0.6) is 0 Å². The predicted molar refractivity (Wildman–Crippen MR) is 71.7 cm³/mol. The zero-order valence-electron chi connectivity index (χ0n) is 9.24. The van der Waals surface area contributed by atoms with Crippen molar-refractivity contribution in [2.24, 2.45) is 0 Å². The first-order chi connectivity index (χ1) is 8.74. The first-order valence-corrected chi connectivity index (χ1v) is 6.21. The van der Waals surface area contributed by atoms with Crippen molar-refractivity contribution in [3.8, 4) is 11.3 Å². The van der Waals surface area contributed by atoms with Crippen molar-refractivity contribution in [2.75, 3.05) is 0 Å². The third-order valence-corrected chi connectivity index (χ3v) is 3.51. The van der Waals surface area contributed by atoms with Gasteiger partial charge in [-0.1, -0.05) is 0 Å². The lowest BCUT2D eigenvalue weighted by Gasteiger charge is -2.00. The number of pyridine rings is 1. The summed E-state index contributed by atoms with van der Waals surface area (Å²) in [5.41, 5.74) is 1.81. The summed E-state index contributed by atoms with van der Waals surface area (Å²) >= 11 is 1.58. The summed E-state index contributed by atoms with van der Waals surface area (Å²) in [4.78, 5) is 15.7. The average molecular weight is 256 g/mol. The number of rotatable bonds is 2. The number of nitro groups is 1. The predicted octanol–water partition coefficient (Wildman–Crippen LogP) is 3.87. The Hall–Kier alpha value is -2.27. The Kier molecular flexibility index (Phi) is 2.53. The van der Waals surface area contributed by atoms with Crippen molar-refractivity contribution < 1.29 is 4.92 Å². The molecule has 4 nitrogen and oxygen atoms in total. The SMILES string of the molecule is O=[N+]([O-])c1ccc(-c2ccc3ccsc3n2)cc1. The third kappa shape index (κ3) is 1.84. The second kappa shape index (κ2) is 4.19. The summed E-state index contributed by atoms with van der Waals surface area (Å²) in [6, 6.07) is 12.4. The molecule has 2 heterocycles. The number of non-ortho nitro benzene ring substituents is 1. The van der Waals surface area contributed by atoms with Crippen molar-refractivity contribution in [3.63, 3.8) is 0 Å². The molecule has 0 radical (unpaired) electrons. The maximum absolute atomic E-state index is 10.6. The Bertz CT molecular complexity index is 719. The van der Waals surface area contributed by atoms with E-state index in [0.29, 0.717) is 0 Å². The minimum Gasteiger partial charge on any atom is -0.258 e. The largest absolute Gasteiger partial charge is 0.269 e. The molecule has 3 rings (SSSR count). The van der Waals surface area contributed by atoms with Crippen molar-refractivity contribution >= 4 is 27.2 Å². The molecular weight excluding hydrogens is 248 g/mol. The summed E-state index contributed by atoms with van der Waals surface area (Å²) in [6.07, 6.45) is 0. The van der Waals surface area contributed by atoms with Crippen molar-refractivity contribution in [2.45, 2.75) is 0 Å². The van der Waals surface area contributed by atoms with E-state index in [1.807, 2.05) is 23.6 Å². The van der Waals surface area contributed by atoms with E-state index in [-0.39, 0.29) is 5.69 Å². The highest BCUT2D eigenvalue weighted by Crippen LogP contribution is 2.25. The van der Waals surface area contributed by atoms with Gasteiger partial charge in [0.1, 0.15) is 4.83 Å². The fraction of sp³-hybridized carbons (Fsp3) is 0. The number of nitrogens with zero attached hydrogens (tertiary/aromatic N) is 2. The second-order valence-electron chi connectivity index (χ2n) is 3.82. The van der Waals surface area contributed by atoms with Crippen LogP contribution in [0.1, 0.15) is 0 Å². The van der Waals surface area contributed by atoms with Crippen molar-refractivity contribution in [1.29, 1.82) is 0 Å². The van der Waals surface area contributed by atoms with Gasteiger partial charge >= 0.3 is 0 Å². The van der Waals surface area contributed by atoms with Crippen LogP contribution in [0, 0.1) is 10.1 Å². The number of nitro benzene ring substituents is 1. The summed E-state index contributed by atoms with van der Waals surface area (Å²) < 4.78 is 0. The lowest BCUT2D eigenvalue weighted by molar-refractivity contribution is -0.384. The van der Waals surface area contributed by atoms with Gasteiger partial charge in [-0.25, -0.2) is 4.98 Å². The molecule has 0 N–H and O–H groups in total. The van der Waals surface area contributed by atoms with Gasteiger partial charge in [-0.05, 0) is 35.7 Å². The molecule has 0 spiro atoms. The quantitative estimate of drug-likeness (QED) is 0.516. The summed E-state index contributed by atoms with van der Waals surface area (Å²) in [5, 5.41) is 13.7. The van der Waals surface area contributed by atoms with Crippen LogP contribution in [0.2, 0.25) is 0 Å². The number of thiophene rings is 1. The van der Waals surface area contributed by atoms with Crippen LogP contribution in [0.3, 0.4) is 0 Å². The van der Waals surface area contributed by atoms with E-state index in [1.165, 1.54) is 12.1 Å². The van der Waals surface area contributed by atoms with Gasteiger partial charge in [0.2, 0.25) is 0 Å². The molecule has 2 aromatic heterocycles. The van der Waals surface area contributed by atoms with E-state index in [1.54, 1.807) is 23.5 Å². The molecule has 0 saturated carbocycles. The average Bonchev–Trinajstić information content (AvgIpc) is 2.86. The first kappa shape index (κ1) is 10.9. The van der Waals surface area contributed by atoms with Crippen LogP contribution in [0.25, 0.3) is 21.5 Å². The standard InChI is InChI=1S/C13H8N2O2S/c16-15(17)11-4-1-9(2-5-11)12-6-3-10-7-8-18-13(10)14-12/h1-8H. The Morgan fingerprint density at radius 2 is 1.83 bits per heavy atom. The molecule has 18 heavy (non-hydrogen) atoms. The fourth-order valence-corrected chi connectivity index (χ4v) is 2.53. The smallest absolute Gasteiger partial charge is 0.258 e. The summed E-state index contributed by atoms with van der Waals surface area (Å²) in [7, 11) is 0. The Morgan fingerprint density at radius 1 is 1.06 bits per heavy atom. The van der Waals surface area contributed by atoms with Crippen LogP contribution >= 0.6 is 11.3 Å². The Balaban J connectivity index is 2.05. The van der Waals surface area contributed by atoms with Gasteiger partial charge in [-0.3, -0.25) is 10.1 Å². The minimum atomic E-state index is -0.403. The third-order valence-electron chi connectivity index (χ3n) is 2.69. The molecule has 88 valence electrons. The minimum absolute atomic E-state index is 0.0935. The Morgan fingerprint density at radius 3 is 2.56 bits per heavy atom. The maximum atomic E-state index is 10.6. The highest BCUT2D eigenvalue weighted by Gasteiger charge is 2.06. The van der Waals surface area contributed by atoms with Gasteiger partial charge in [0.15, 0.2) is 0 Å². The number of hydrogen-bond donors (Lipinski definition) is 0. The van der Waals surface area contributed by atoms with Crippen LogP contribution in [0.4, 0.5) is 5.69 Å². The maximum Gasteiger partial charge on any atom is 0.269 e. The van der Waals surface area contributed by atoms with Gasteiger partial charge in [-0.2, -0.15) is 0 Å². The zero-order chi connectivity index (χ0) is 12.5. The highest BCUT2D eigenvalue weighted by molar-refractivity contribution is 7.16. The second-order valence-corrected chi connectivity index (χ2v) is 4.71. The molecule has 0 fully saturated rings. The van der Waals surface area contributed by atoms with Gasteiger partial charge in [0, 0.05) is 23.1 Å². The molecule has 0 saturated heterocycles. The number of benzene rings is 1. The van der Waals surface area contributed by atoms with E-state index in [4.69, 9.17) is 0 Å². The number of fused-ring (bicyclic) bond motifs is 1. The molecule has 5 heteroatoms. The van der Waals surface area contributed by atoms with E-state index in [2.05, 4.69) is 4.98 Å². The fourth-order valence-electron chi connectivity index (χ4n) is 1.76. The first-order valence-electron chi connectivity index (χ1n) is 5.33. The van der Waals surface area contributed by atoms with Crippen LogP contribution in [0.15, 0.2) is 47.8 Å². The number of aromatic nitrogens is 1. The van der Waals surface area contributed by atoms with Gasteiger partial charge < -0.3 is 0 Å². The van der Waals surface area contributed by atoms with Gasteiger partial charge in [-0.15, -0.1) is 11.3 Å². The van der Waals surface area contributed by atoms with Gasteiger partial charge in [0.25, 0.3) is 5.69 Å². The Labute approximate surface area is 107 Å². The van der Waals surface area contributed by atoms with E-state index in [9.17, 15) is 10.1 Å². The summed E-state index contributed by atoms with van der Waals surface area (Å²) in [5.74, 6) is 0. The lowest BCUT2D eigenvalue weighted by atomic mass is 10.1. The molecule has 3 aromatic rings. The molecule has 0 amide bonds. The van der Waals surface area contributed by atoms with Crippen molar-refractivity contribution in [3.05, 3.63) is 58.0 Å². The molecule has 0 aliphatic heterocycles. The molecule has 1 aromatic carbocycles. The molecule has 0 aliphatic carbocycles. The van der Waals surface area contributed by atoms with Crippen LogP contribution in [-0.4, -0.2) is 9.91 Å². The molecule has 0 atom stereocenters. The molecular formula is C13H8N2O2S. The van der Waals surface area contributed by atoms with E-state index in [0.717, 1.165) is 21.5 Å².